The van der Waals surface area contributed by atoms with E-state index >= 15 is 4.39 Å². The Bertz CT molecular complexity index is 868. The Hall–Kier alpha value is -2.30. The molecule has 2 aromatic rings. The van der Waals surface area contributed by atoms with Gasteiger partial charge in [0.05, 0.1) is 13.0 Å². The van der Waals surface area contributed by atoms with Crippen LogP contribution in [-0.2, 0) is 9.53 Å². The number of hydrogen-bond acceptors (Lipinski definition) is 2. The molecule has 5 heteroatoms. The van der Waals surface area contributed by atoms with Crippen molar-refractivity contribution in [3.05, 3.63) is 47.3 Å². The average molecular weight is 346 g/mol. The van der Waals surface area contributed by atoms with Crippen LogP contribution in [0.4, 0.5) is 13.2 Å². The van der Waals surface area contributed by atoms with Gasteiger partial charge in [-0.05, 0) is 54.4 Å². The highest BCUT2D eigenvalue weighted by Crippen LogP contribution is 2.52. The quantitative estimate of drug-likeness (QED) is 0.596. The molecule has 0 unspecified atom stereocenters. The number of methoxy groups -OCH3 is 1. The van der Waals surface area contributed by atoms with Crippen molar-refractivity contribution in [2.24, 2.45) is 5.92 Å². The molecule has 2 aliphatic carbocycles. The number of ether oxygens (including phenoxy) is 1. The Morgan fingerprint density at radius 3 is 2.16 bits per heavy atom. The van der Waals surface area contributed by atoms with E-state index in [4.69, 9.17) is 4.74 Å². The summed E-state index contributed by atoms with van der Waals surface area (Å²) in [5.74, 6) is -2.79. The van der Waals surface area contributed by atoms with Crippen molar-refractivity contribution >= 4 is 5.97 Å². The van der Waals surface area contributed by atoms with E-state index < -0.39 is 17.5 Å². The third kappa shape index (κ3) is 2.36. The zero-order chi connectivity index (χ0) is 17.7. The van der Waals surface area contributed by atoms with E-state index in [9.17, 15) is 13.6 Å². The molecule has 0 atom stereocenters. The lowest BCUT2D eigenvalue weighted by Gasteiger charge is -2.31. The van der Waals surface area contributed by atoms with E-state index in [1.54, 1.807) is 12.1 Å². The number of esters is 1. The molecule has 2 aromatic carbocycles. The fourth-order valence-electron chi connectivity index (χ4n) is 4.14. The molecule has 0 aliphatic heterocycles. The monoisotopic (exact) mass is 346 g/mol. The smallest absolute Gasteiger partial charge is 0.308 e. The molecule has 0 bridgehead atoms. The van der Waals surface area contributed by atoms with Gasteiger partial charge in [0.15, 0.2) is 11.6 Å². The third-order valence-corrected chi connectivity index (χ3v) is 5.51. The molecule has 0 aromatic heterocycles. The Balaban J connectivity index is 1.63. The molecule has 1 saturated carbocycles. The number of carbonyl (C=O) groups excluding carboxylic acids is 1. The van der Waals surface area contributed by atoms with Gasteiger partial charge >= 0.3 is 5.97 Å². The minimum atomic E-state index is -0.990. The summed E-state index contributed by atoms with van der Waals surface area (Å²) in [6.45, 7) is 0. The van der Waals surface area contributed by atoms with Crippen LogP contribution in [0.3, 0.4) is 0 Å². The summed E-state index contributed by atoms with van der Waals surface area (Å²) in [5, 5.41) is 0. The van der Waals surface area contributed by atoms with Crippen molar-refractivity contribution in [3.63, 3.8) is 0 Å². The lowest BCUT2D eigenvalue weighted by molar-refractivity contribution is -0.146. The van der Waals surface area contributed by atoms with Gasteiger partial charge in [-0.3, -0.25) is 4.79 Å². The number of rotatable bonds is 2. The molecule has 0 spiro atoms. The van der Waals surface area contributed by atoms with Crippen molar-refractivity contribution in [1.29, 1.82) is 0 Å². The minimum absolute atomic E-state index is 0.0214. The van der Waals surface area contributed by atoms with Crippen LogP contribution in [0.2, 0.25) is 0 Å². The van der Waals surface area contributed by atoms with E-state index in [0.717, 1.165) is 6.07 Å². The predicted octanol–water partition coefficient (Wildman–Crippen LogP) is 5.20. The Kier molecular flexibility index (Phi) is 3.82. The van der Waals surface area contributed by atoms with Crippen molar-refractivity contribution < 1.29 is 22.7 Å². The van der Waals surface area contributed by atoms with Crippen LogP contribution in [0.1, 0.15) is 37.2 Å². The van der Waals surface area contributed by atoms with E-state index in [0.29, 0.717) is 42.4 Å². The molecule has 2 aliphatic rings. The number of halogens is 3. The summed E-state index contributed by atoms with van der Waals surface area (Å²) in [6.07, 6.45) is 2.64. The second-order valence-electron chi connectivity index (χ2n) is 6.75. The van der Waals surface area contributed by atoms with Crippen molar-refractivity contribution in [2.75, 3.05) is 7.11 Å². The topological polar surface area (TPSA) is 26.3 Å². The molecule has 1 fully saturated rings. The Morgan fingerprint density at radius 2 is 1.52 bits per heavy atom. The molecule has 130 valence electrons. The maximum Gasteiger partial charge on any atom is 0.308 e. The highest BCUT2D eigenvalue weighted by atomic mass is 19.2. The first kappa shape index (κ1) is 16.2. The maximum absolute atomic E-state index is 15.0. The lowest BCUT2D eigenvalue weighted by Crippen LogP contribution is -2.22. The first-order valence-corrected chi connectivity index (χ1v) is 8.42. The Morgan fingerprint density at radius 1 is 0.920 bits per heavy atom. The second-order valence-corrected chi connectivity index (χ2v) is 6.75. The number of benzene rings is 2. The summed E-state index contributed by atoms with van der Waals surface area (Å²) in [6, 6.07) is 6.06. The van der Waals surface area contributed by atoms with Crippen LogP contribution in [0.15, 0.2) is 24.3 Å². The van der Waals surface area contributed by atoms with Gasteiger partial charge in [-0.1, -0.05) is 18.2 Å². The average Bonchev–Trinajstić information content (AvgIpc) is 2.61. The van der Waals surface area contributed by atoms with E-state index in [2.05, 4.69) is 0 Å². The minimum Gasteiger partial charge on any atom is -0.469 e. The van der Waals surface area contributed by atoms with Crippen molar-refractivity contribution in [2.45, 2.75) is 31.6 Å². The first-order valence-electron chi connectivity index (χ1n) is 8.42. The number of carbonyl (C=O) groups is 1. The molecule has 4 rings (SSSR count). The molecule has 2 nitrogen and oxygen atoms in total. The van der Waals surface area contributed by atoms with Gasteiger partial charge in [-0.25, -0.2) is 13.2 Å². The normalized spacial score (nSPS) is 21.1. The maximum atomic E-state index is 15.0. The number of hydrogen-bond donors (Lipinski definition) is 0. The largest absolute Gasteiger partial charge is 0.469 e. The SMILES string of the molecule is COC(=O)C1CCC(c2ccc3c(c2F)-c2c-3ccc(F)c2F)CC1. The second kappa shape index (κ2) is 5.90. The van der Waals surface area contributed by atoms with Gasteiger partial charge in [0.25, 0.3) is 0 Å². The fourth-order valence-corrected chi connectivity index (χ4v) is 4.14. The highest BCUT2D eigenvalue weighted by molar-refractivity contribution is 6.03. The molecule has 0 radical (unpaired) electrons. The van der Waals surface area contributed by atoms with Gasteiger partial charge in [0.1, 0.15) is 5.82 Å². The van der Waals surface area contributed by atoms with Crippen LogP contribution in [0, 0.1) is 23.4 Å². The molecule has 0 saturated heterocycles. The molecule has 0 amide bonds. The van der Waals surface area contributed by atoms with Gasteiger partial charge in [0.2, 0.25) is 0 Å². The molecule has 0 heterocycles. The van der Waals surface area contributed by atoms with Crippen molar-refractivity contribution in [3.8, 4) is 22.3 Å². The van der Waals surface area contributed by atoms with Crippen LogP contribution < -0.4 is 0 Å². The Labute approximate surface area is 143 Å². The van der Waals surface area contributed by atoms with Crippen molar-refractivity contribution in [1.82, 2.24) is 0 Å². The van der Waals surface area contributed by atoms with Crippen LogP contribution in [-0.4, -0.2) is 13.1 Å². The summed E-state index contributed by atoms with van der Waals surface area (Å²) in [4.78, 5) is 11.6. The van der Waals surface area contributed by atoms with Gasteiger partial charge in [-0.2, -0.15) is 0 Å². The van der Waals surface area contributed by atoms with E-state index in [1.165, 1.54) is 13.2 Å². The number of fused-ring (bicyclic) bond motifs is 4. The fraction of sp³-hybridized carbons (Fsp3) is 0.350. The van der Waals surface area contributed by atoms with Crippen LogP contribution in [0.5, 0.6) is 0 Å². The summed E-state index contributed by atoms with van der Waals surface area (Å²) >= 11 is 0. The predicted molar refractivity (Wildman–Crippen MR) is 87.5 cm³/mol. The van der Waals surface area contributed by atoms with Gasteiger partial charge in [-0.15, -0.1) is 0 Å². The first-order chi connectivity index (χ1) is 12.0. The summed E-state index contributed by atoms with van der Waals surface area (Å²) < 4.78 is 47.3. The standard InChI is InChI=1S/C20H17F3O2/c1-25-20(24)11-4-2-10(3-5-11)12-6-7-13-14-8-9-15(21)19(23)17(14)16(13)18(12)22/h6-11H,2-5H2,1H3. The van der Waals surface area contributed by atoms with E-state index in [-0.39, 0.29) is 28.9 Å². The summed E-state index contributed by atoms with van der Waals surface area (Å²) in [7, 11) is 1.37. The van der Waals surface area contributed by atoms with Gasteiger partial charge < -0.3 is 4.74 Å². The zero-order valence-electron chi connectivity index (χ0n) is 13.7. The zero-order valence-corrected chi connectivity index (χ0v) is 13.7. The molecule has 0 N–H and O–H groups in total. The molecular weight excluding hydrogens is 329 g/mol. The van der Waals surface area contributed by atoms with Gasteiger partial charge in [0, 0.05) is 11.1 Å². The highest BCUT2D eigenvalue weighted by Gasteiger charge is 2.35. The molecular formula is C20H17F3O2. The van der Waals surface area contributed by atoms with E-state index in [1.807, 2.05) is 0 Å². The summed E-state index contributed by atoms with van der Waals surface area (Å²) in [5.41, 5.74) is 1.92. The van der Waals surface area contributed by atoms with Crippen LogP contribution >= 0.6 is 0 Å². The van der Waals surface area contributed by atoms with Crippen LogP contribution in [0.25, 0.3) is 22.3 Å². The molecule has 25 heavy (non-hydrogen) atoms. The third-order valence-electron chi connectivity index (χ3n) is 5.51. The lowest BCUT2D eigenvalue weighted by atomic mass is 9.74.